The van der Waals surface area contributed by atoms with E-state index in [1.165, 1.54) is 12.1 Å². The number of rotatable bonds is 7. The van der Waals surface area contributed by atoms with Crippen LogP contribution in [0.3, 0.4) is 0 Å². The lowest BCUT2D eigenvalue weighted by Gasteiger charge is -2.10. The molecule has 1 N–H and O–H groups in total. The molecule has 0 aliphatic heterocycles. The summed E-state index contributed by atoms with van der Waals surface area (Å²) in [6, 6.07) is 14.7. The van der Waals surface area contributed by atoms with Gasteiger partial charge in [-0.2, -0.15) is 0 Å². The van der Waals surface area contributed by atoms with E-state index in [9.17, 15) is 14.0 Å². The fourth-order valence-corrected chi connectivity index (χ4v) is 2.78. The smallest absolute Gasteiger partial charge is 0.339 e. The molecule has 1 heterocycles. The number of aromatic nitrogens is 1. The number of unbranched alkanes of at least 4 members (excludes halogenated alkanes) is 1. The number of nitrogens with one attached hydrogen (secondary N) is 1. The van der Waals surface area contributed by atoms with E-state index in [1.807, 2.05) is 13.0 Å². The van der Waals surface area contributed by atoms with Crippen molar-refractivity contribution < 1.29 is 18.7 Å². The molecule has 3 rings (SSSR count). The van der Waals surface area contributed by atoms with Gasteiger partial charge in [0, 0.05) is 17.5 Å². The molecule has 1 amide bonds. The molecule has 5 nitrogen and oxygen atoms in total. The Morgan fingerprint density at radius 3 is 2.61 bits per heavy atom. The van der Waals surface area contributed by atoms with Crippen LogP contribution in [-0.2, 0) is 9.53 Å². The van der Waals surface area contributed by atoms with Crippen molar-refractivity contribution in [2.75, 3.05) is 13.2 Å². The highest BCUT2D eigenvalue weighted by Crippen LogP contribution is 2.25. The van der Waals surface area contributed by atoms with Gasteiger partial charge in [-0.3, -0.25) is 4.79 Å². The van der Waals surface area contributed by atoms with Crippen LogP contribution < -0.4 is 5.32 Å². The zero-order valence-electron chi connectivity index (χ0n) is 15.6. The topological polar surface area (TPSA) is 68.3 Å². The minimum Gasteiger partial charge on any atom is -0.452 e. The zero-order chi connectivity index (χ0) is 19.9. The van der Waals surface area contributed by atoms with Gasteiger partial charge in [0.05, 0.1) is 16.8 Å². The molecular formula is C22H21FN2O3. The monoisotopic (exact) mass is 380 g/mol. The van der Waals surface area contributed by atoms with E-state index in [0.29, 0.717) is 34.3 Å². The second-order valence-electron chi connectivity index (χ2n) is 6.36. The molecule has 144 valence electrons. The van der Waals surface area contributed by atoms with Gasteiger partial charge in [-0.25, -0.2) is 14.2 Å². The number of pyridine rings is 1. The van der Waals surface area contributed by atoms with E-state index in [0.717, 1.165) is 12.8 Å². The van der Waals surface area contributed by atoms with Crippen LogP contribution in [0.15, 0.2) is 54.6 Å². The number of benzene rings is 2. The Bertz CT molecular complexity index is 987. The van der Waals surface area contributed by atoms with Crippen molar-refractivity contribution in [1.29, 1.82) is 0 Å². The summed E-state index contributed by atoms with van der Waals surface area (Å²) in [5, 5.41) is 3.34. The predicted octanol–water partition coefficient (Wildman–Crippen LogP) is 4.11. The van der Waals surface area contributed by atoms with Crippen molar-refractivity contribution in [3.63, 3.8) is 0 Å². The first-order valence-electron chi connectivity index (χ1n) is 9.18. The van der Waals surface area contributed by atoms with Crippen LogP contribution in [0.5, 0.6) is 0 Å². The quantitative estimate of drug-likeness (QED) is 0.495. The lowest BCUT2D eigenvalue weighted by Crippen LogP contribution is -2.29. The van der Waals surface area contributed by atoms with Crippen LogP contribution in [0.4, 0.5) is 4.39 Å². The summed E-state index contributed by atoms with van der Waals surface area (Å²) in [5.41, 5.74) is 2.13. The number of carbonyl (C=O) groups excluding carboxylic acids is 2. The molecule has 0 spiro atoms. The third kappa shape index (κ3) is 4.71. The lowest BCUT2D eigenvalue weighted by molar-refractivity contribution is -0.124. The molecule has 2 aromatic carbocycles. The Hall–Kier alpha value is -3.28. The van der Waals surface area contributed by atoms with E-state index in [-0.39, 0.29) is 18.3 Å². The van der Waals surface area contributed by atoms with Gasteiger partial charge in [0.1, 0.15) is 5.82 Å². The largest absolute Gasteiger partial charge is 0.452 e. The maximum absolute atomic E-state index is 13.2. The molecule has 0 saturated carbocycles. The summed E-state index contributed by atoms with van der Waals surface area (Å²) in [4.78, 5) is 29.0. The third-order valence-electron chi connectivity index (χ3n) is 4.26. The maximum Gasteiger partial charge on any atom is 0.339 e. The van der Waals surface area contributed by atoms with Crippen LogP contribution in [0.25, 0.3) is 22.2 Å². The van der Waals surface area contributed by atoms with E-state index >= 15 is 0 Å². The number of nitrogens with zero attached hydrogens (tertiary/aromatic N) is 1. The van der Waals surface area contributed by atoms with Crippen LogP contribution in [0.1, 0.15) is 30.1 Å². The number of esters is 1. The Balaban J connectivity index is 1.85. The summed E-state index contributed by atoms with van der Waals surface area (Å²) in [7, 11) is 0. The average molecular weight is 380 g/mol. The Kier molecular flexibility index (Phi) is 6.32. The molecule has 0 saturated heterocycles. The maximum atomic E-state index is 13.2. The van der Waals surface area contributed by atoms with Gasteiger partial charge in [-0.05, 0) is 42.8 Å². The number of carbonyl (C=O) groups is 2. The molecule has 0 atom stereocenters. The van der Waals surface area contributed by atoms with E-state index in [2.05, 4.69) is 10.3 Å². The predicted molar refractivity (Wildman–Crippen MR) is 105 cm³/mol. The molecule has 3 aromatic rings. The molecule has 6 heteroatoms. The van der Waals surface area contributed by atoms with Crippen molar-refractivity contribution in [2.45, 2.75) is 19.8 Å². The second kappa shape index (κ2) is 9.08. The Labute approximate surface area is 162 Å². The summed E-state index contributed by atoms with van der Waals surface area (Å²) in [6.07, 6.45) is 1.84. The molecule has 0 bridgehead atoms. The number of ether oxygens (including phenoxy) is 1. The standard InChI is InChI=1S/C22H21FN2O3/c1-2-3-12-24-21(26)14-28-22(27)18-13-20(15-8-10-16(23)11-9-15)25-19-7-5-4-6-17(18)19/h4-11,13H,2-3,12,14H2,1H3,(H,24,26). The van der Waals surface area contributed by atoms with Crippen LogP contribution in [0, 0.1) is 5.82 Å². The summed E-state index contributed by atoms with van der Waals surface area (Å²) in [6.45, 7) is 2.24. The molecule has 28 heavy (non-hydrogen) atoms. The summed E-state index contributed by atoms with van der Waals surface area (Å²) in [5.74, 6) is -1.29. The third-order valence-corrected chi connectivity index (χ3v) is 4.26. The molecular weight excluding hydrogens is 359 g/mol. The Morgan fingerprint density at radius 2 is 1.86 bits per heavy atom. The normalized spacial score (nSPS) is 10.6. The number of amides is 1. The highest BCUT2D eigenvalue weighted by atomic mass is 19.1. The van der Waals surface area contributed by atoms with Gasteiger partial charge in [0.25, 0.3) is 5.91 Å². The van der Waals surface area contributed by atoms with Gasteiger partial charge in [-0.1, -0.05) is 31.5 Å². The number of fused-ring (bicyclic) bond motifs is 1. The van der Waals surface area contributed by atoms with Crippen molar-refractivity contribution in [3.8, 4) is 11.3 Å². The van der Waals surface area contributed by atoms with E-state index in [4.69, 9.17) is 4.74 Å². The SMILES string of the molecule is CCCCNC(=O)COC(=O)c1cc(-c2ccc(F)cc2)nc2ccccc12. The molecule has 0 fully saturated rings. The minimum absolute atomic E-state index is 0.311. The zero-order valence-corrected chi connectivity index (χ0v) is 15.6. The number of hydrogen-bond acceptors (Lipinski definition) is 4. The first kappa shape index (κ1) is 19.5. The fourth-order valence-electron chi connectivity index (χ4n) is 2.78. The van der Waals surface area contributed by atoms with Gasteiger partial charge in [0.15, 0.2) is 6.61 Å². The number of para-hydroxylation sites is 1. The second-order valence-corrected chi connectivity index (χ2v) is 6.36. The van der Waals surface area contributed by atoms with Crippen LogP contribution >= 0.6 is 0 Å². The van der Waals surface area contributed by atoms with Crippen molar-refractivity contribution in [1.82, 2.24) is 10.3 Å². The number of halogens is 1. The van der Waals surface area contributed by atoms with Crippen LogP contribution in [0.2, 0.25) is 0 Å². The lowest BCUT2D eigenvalue weighted by atomic mass is 10.0. The van der Waals surface area contributed by atoms with Gasteiger partial charge in [-0.15, -0.1) is 0 Å². The fraction of sp³-hybridized carbons (Fsp3) is 0.227. The molecule has 0 aliphatic carbocycles. The van der Waals surface area contributed by atoms with Crippen molar-refractivity contribution in [2.24, 2.45) is 0 Å². The first-order valence-corrected chi connectivity index (χ1v) is 9.18. The van der Waals surface area contributed by atoms with Gasteiger partial charge in [0.2, 0.25) is 0 Å². The van der Waals surface area contributed by atoms with Crippen LogP contribution in [-0.4, -0.2) is 30.0 Å². The van der Waals surface area contributed by atoms with Crippen molar-refractivity contribution >= 4 is 22.8 Å². The molecule has 0 aliphatic rings. The van der Waals surface area contributed by atoms with Crippen molar-refractivity contribution in [3.05, 3.63) is 66.0 Å². The van der Waals surface area contributed by atoms with Gasteiger partial charge < -0.3 is 10.1 Å². The van der Waals surface area contributed by atoms with Gasteiger partial charge >= 0.3 is 5.97 Å². The summed E-state index contributed by atoms with van der Waals surface area (Å²) >= 11 is 0. The number of hydrogen-bond donors (Lipinski definition) is 1. The highest BCUT2D eigenvalue weighted by Gasteiger charge is 2.16. The summed E-state index contributed by atoms with van der Waals surface area (Å²) < 4.78 is 18.4. The van der Waals surface area contributed by atoms with E-state index < -0.39 is 5.97 Å². The molecule has 0 radical (unpaired) electrons. The highest BCUT2D eigenvalue weighted by molar-refractivity contribution is 6.05. The average Bonchev–Trinajstić information content (AvgIpc) is 2.72. The first-order chi connectivity index (χ1) is 13.6. The van der Waals surface area contributed by atoms with E-state index in [1.54, 1.807) is 36.4 Å². The minimum atomic E-state index is -0.604. The Morgan fingerprint density at radius 1 is 1.11 bits per heavy atom. The molecule has 1 aromatic heterocycles. The molecule has 0 unspecified atom stereocenters.